The van der Waals surface area contributed by atoms with Crippen LogP contribution in [-0.2, 0) is 5.54 Å². The standard InChI is InChI=1S/C29H28N6O2/c1-36-21-15-18(16-22(17-21)37-2)24-10-11-25-28(33-24)35(27(34-25)23-5-3-14-32-26(23)30)20-8-6-19(7-9-20)29(31)12-4-13-29/h3,5-11,14-17H,4,12-13,31H2,1-2H3,(H2,30,32). The van der Waals surface area contributed by atoms with Gasteiger partial charge >= 0.3 is 0 Å². The molecule has 8 heteroatoms. The van der Waals surface area contributed by atoms with E-state index in [4.69, 9.17) is 30.9 Å². The molecule has 1 saturated carbocycles. The lowest BCUT2D eigenvalue weighted by Gasteiger charge is -2.38. The molecule has 6 rings (SSSR count). The molecule has 4 N–H and O–H groups in total. The predicted molar refractivity (Wildman–Crippen MR) is 145 cm³/mol. The van der Waals surface area contributed by atoms with Crippen LogP contribution in [-0.4, -0.2) is 33.7 Å². The molecule has 0 unspecified atom stereocenters. The van der Waals surface area contributed by atoms with Gasteiger partial charge in [0.05, 0.1) is 25.5 Å². The highest BCUT2D eigenvalue weighted by Gasteiger charge is 2.34. The molecule has 1 aliphatic rings. The number of hydrogen-bond donors (Lipinski definition) is 2. The Morgan fingerprint density at radius 3 is 2.24 bits per heavy atom. The van der Waals surface area contributed by atoms with E-state index in [1.54, 1.807) is 20.4 Å². The first-order chi connectivity index (χ1) is 18.0. The maximum absolute atomic E-state index is 6.58. The van der Waals surface area contributed by atoms with Gasteiger partial charge < -0.3 is 20.9 Å². The molecule has 0 amide bonds. The molecule has 3 heterocycles. The van der Waals surface area contributed by atoms with Gasteiger partial charge in [-0.2, -0.15) is 0 Å². The molecular formula is C29H28N6O2. The van der Waals surface area contributed by atoms with E-state index in [1.807, 2.05) is 47.0 Å². The highest BCUT2D eigenvalue weighted by atomic mass is 16.5. The fraction of sp³-hybridized carbons (Fsp3) is 0.207. The van der Waals surface area contributed by atoms with Crippen molar-refractivity contribution in [1.82, 2.24) is 19.5 Å². The monoisotopic (exact) mass is 492 g/mol. The van der Waals surface area contributed by atoms with Gasteiger partial charge in [0.25, 0.3) is 0 Å². The molecule has 0 radical (unpaired) electrons. The molecule has 1 aliphatic carbocycles. The maximum atomic E-state index is 6.58. The van der Waals surface area contributed by atoms with Gasteiger partial charge in [0, 0.05) is 29.1 Å². The smallest absolute Gasteiger partial charge is 0.165 e. The van der Waals surface area contributed by atoms with Crippen LogP contribution in [0.3, 0.4) is 0 Å². The molecule has 2 aromatic carbocycles. The number of hydrogen-bond acceptors (Lipinski definition) is 7. The number of ether oxygens (including phenoxy) is 2. The molecule has 0 saturated heterocycles. The third-order valence-corrected chi connectivity index (χ3v) is 7.18. The third kappa shape index (κ3) is 3.95. The minimum atomic E-state index is -0.233. The van der Waals surface area contributed by atoms with Gasteiger partial charge in [-0.05, 0) is 73.4 Å². The topological polar surface area (TPSA) is 114 Å². The fourth-order valence-electron chi connectivity index (χ4n) is 4.89. The number of fused-ring (bicyclic) bond motifs is 1. The molecule has 0 bridgehead atoms. The quantitative estimate of drug-likeness (QED) is 0.339. The Labute approximate surface area is 214 Å². The van der Waals surface area contributed by atoms with E-state index in [2.05, 4.69) is 29.2 Å². The Morgan fingerprint density at radius 1 is 0.892 bits per heavy atom. The second-order valence-electron chi connectivity index (χ2n) is 9.40. The summed E-state index contributed by atoms with van der Waals surface area (Å²) in [5.41, 5.74) is 18.5. The van der Waals surface area contributed by atoms with Crippen molar-refractivity contribution in [2.24, 2.45) is 5.73 Å². The Hall–Kier alpha value is -4.43. The van der Waals surface area contributed by atoms with Crippen molar-refractivity contribution in [3.63, 3.8) is 0 Å². The molecular weight excluding hydrogens is 464 g/mol. The second-order valence-corrected chi connectivity index (χ2v) is 9.40. The van der Waals surface area contributed by atoms with Gasteiger partial charge in [0.15, 0.2) is 11.5 Å². The fourth-order valence-corrected chi connectivity index (χ4v) is 4.89. The first-order valence-corrected chi connectivity index (χ1v) is 12.2. The average Bonchev–Trinajstić information content (AvgIpc) is 3.30. The van der Waals surface area contributed by atoms with Crippen molar-refractivity contribution in [3.8, 4) is 39.8 Å². The number of nitrogens with two attached hydrogens (primary N) is 2. The Balaban J connectivity index is 1.55. The predicted octanol–water partition coefficient (Wildman–Crippen LogP) is 5.09. The number of nitrogen functional groups attached to an aromatic ring is 1. The van der Waals surface area contributed by atoms with Crippen LogP contribution in [0.5, 0.6) is 11.5 Å². The van der Waals surface area contributed by atoms with Gasteiger partial charge in [0.1, 0.15) is 22.8 Å². The van der Waals surface area contributed by atoms with Crippen molar-refractivity contribution in [2.45, 2.75) is 24.8 Å². The zero-order valence-electron chi connectivity index (χ0n) is 20.8. The van der Waals surface area contributed by atoms with Gasteiger partial charge in [-0.25, -0.2) is 15.0 Å². The van der Waals surface area contributed by atoms with E-state index < -0.39 is 0 Å². The Bertz CT molecular complexity index is 1580. The number of nitrogens with zero attached hydrogens (tertiary/aromatic N) is 4. The number of pyridine rings is 2. The SMILES string of the molecule is COc1cc(OC)cc(-c2ccc3nc(-c4cccnc4N)n(-c4ccc(C5(N)CCC5)cc4)c3n2)c1. The summed E-state index contributed by atoms with van der Waals surface area (Å²) in [5, 5.41) is 0. The summed E-state index contributed by atoms with van der Waals surface area (Å²) in [6.07, 6.45) is 4.85. The van der Waals surface area contributed by atoms with Crippen LogP contribution in [0, 0.1) is 0 Å². The number of rotatable bonds is 6. The number of benzene rings is 2. The highest BCUT2D eigenvalue weighted by molar-refractivity contribution is 5.84. The largest absolute Gasteiger partial charge is 0.497 e. The third-order valence-electron chi connectivity index (χ3n) is 7.18. The van der Waals surface area contributed by atoms with Crippen molar-refractivity contribution in [2.75, 3.05) is 20.0 Å². The van der Waals surface area contributed by atoms with Crippen LogP contribution >= 0.6 is 0 Å². The molecule has 37 heavy (non-hydrogen) atoms. The average molecular weight is 493 g/mol. The number of aromatic nitrogens is 4. The summed E-state index contributed by atoms with van der Waals surface area (Å²) < 4.78 is 13.0. The highest BCUT2D eigenvalue weighted by Crippen LogP contribution is 2.39. The van der Waals surface area contributed by atoms with Gasteiger partial charge in [-0.1, -0.05) is 12.1 Å². The first kappa shape index (κ1) is 23.0. The number of imidazole rings is 1. The van der Waals surface area contributed by atoms with E-state index >= 15 is 0 Å². The van der Waals surface area contributed by atoms with Crippen molar-refractivity contribution in [1.29, 1.82) is 0 Å². The van der Waals surface area contributed by atoms with Crippen LogP contribution < -0.4 is 20.9 Å². The number of methoxy groups -OCH3 is 2. The van der Waals surface area contributed by atoms with Gasteiger partial charge in [-0.3, -0.25) is 4.57 Å². The van der Waals surface area contributed by atoms with Crippen molar-refractivity contribution in [3.05, 3.63) is 78.5 Å². The minimum absolute atomic E-state index is 0.233. The van der Waals surface area contributed by atoms with Crippen molar-refractivity contribution >= 4 is 17.0 Å². The molecule has 3 aromatic heterocycles. The summed E-state index contributed by atoms with van der Waals surface area (Å²) in [4.78, 5) is 14.3. The lowest BCUT2D eigenvalue weighted by molar-refractivity contribution is 0.253. The summed E-state index contributed by atoms with van der Waals surface area (Å²) in [6, 6.07) is 21.8. The zero-order valence-corrected chi connectivity index (χ0v) is 20.8. The molecule has 5 aromatic rings. The molecule has 1 fully saturated rings. The molecule has 0 atom stereocenters. The van der Waals surface area contributed by atoms with Crippen LogP contribution in [0.2, 0.25) is 0 Å². The normalized spacial score (nSPS) is 14.4. The summed E-state index contributed by atoms with van der Waals surface area (Å²) in [6.45, 7) is 0. The summed E-state index contributed by atoms with van der Waals surface area (Å²) in [7, 11) is 3.27. The van der Waals surface area contributed by atoms with Crippen LogP contribution in [0.15, 0.2) is 72.9 Å². The van der Waals surface area contributed by atoms with Gasteiger partial charge in [0.2, 0.25) is 0 Å². The lowest BCUT2D eigenvalue weighted by atomic mass is 9.73. The molecule has 8 nitrogen and oxygen atoms in total. The maximum Gasteiger partial charge on any atom is 0.165 e. The van der Waals surface area contributed by atoms with E-state index in [1.165, 1.54) is 0 Å². The molecule has 186 valence electrons. The first-order valence-electron chi connectivity index (χ1n) is 12.2. The van der Waals surface area contributed by atoms with E-state index in [9.17, 15) is 0 Å². The van der Waals surface area contributed by atoms with E-state index in [0.717, 1.165) is 52.9 Å². The Morgan fingerprint density at radius 2 is 1.62 bits per heavy atom. The Kier molecular flexibility index (Phi) is 5.53. The lowest BCUT2D eigenvalue weighted by Crippen LogP contribution is -2.43. The van der Waals surface area contributed by atoms with Crippen molar-refractivity contribution < 1.29 is 9.47 Å². The summed E-state index contributed by atoms with van der Waals surface area (Å²) >= 11 is 0. The van der Waals surface area contributed by atoms with E-state index in [0.29, 0.717) is 28.8 Å². The van der Waals surface area contributed by atoms with Crippen LogP contribution in [0.1, 0.15) is 24.8 Å². The van der Waals surface area contributed by atoms with Crippen LogP contribution in [0.4, 0.5) is 5.82 Å². The van der Waals surface area contributed by atoms with Crippen LogP contribution in [0.25, 0.3) is 39.5 Å². The van der Waals surface area contributed by atoms with Gasteiger partial charge in [-0.15, -0.1) is 0 Å². The van der Waals surface area contributed by atoms with E-state index in [-0.39, 0.29) is 5.54 Å². The minimum Gasteiger partial charge on any atom is -0.497 e. The summed E-state index contributed by atoms with van der Waals surface area (Å²) in [5.74, 6) is 2.46. The second kappa shape index (κ2) is 8.90. The zero-order chi connectivity index (χ0) is 25.6. The number of anilines is 1. The molecule has 0 aliphatic heterocycles. The molecule has 0 spiro atoms.